The van der Waals surface area contributed by atoms with Gasteiger partial charge in [-0.1, -0.05) is 23.7 Å². The summed E-state index contributed by atoms with van der Waals surface area (Å²) in [5.41, 5.74) is 5.14. The number of hydrogen-bond acceptors (Lipinski definition) is 2. The van der Waals surface area contributed by atoms with Gasteiger partial charge in [0.1, 0.15) is 0 Å². The molecule has 0 aliphatic heterocycles. The van der Waals surface area contributed by atoms with E-state index in [4.69, 9.17) is 11.6 Å². The lowest BCUT2D eigenvalue weighted by Gasteiger charge is -2.18. The summed E-state index contributed by atoms with van der Waals surface area (Å²) in [6.45, 7) is 5.80. The molecule has 5 heteroatoms. The number of aromatic nitrogens is 2. The number of nitrogens with zero attached hydrogens (tertiary/aromatic N) is 1. The van der Waals surface area contributed by atoms with Crippen LogP contribution < -0.4 is 5.32 Å². The number of fused-ring (bicyclic) bond motifs is 1. The van der Waals surface area contributed by atoms with Gasteiger partial charge in [-0.3, -0.25) is 9.89 Å². The second-order valence-electron chi connectivity index (χ2n) is 5.98. The van der Waals surface area contributed by atoms with Gasteiger partial charge in [0.05, 0.1) is 17.7 Å². The van der Waals surface area contributed by atoms with E-state index in [1.165, 1.54) is 0 Å². The Labute approximate surface area is 135 Å². The fourth-order valence-electron chi connectivity index (χ4n) is 3.39. The van der Waals surface area contributed by atoms with Crippen molar-refractivity contribution in [1.82, 2.24) is 15.5 Å². The average molecular weight is 318 g/mol. The number of H-pyrrole nitrogens is 1. The Morgan fingerprint density at radius 2 is 2.23 bits per heavy atom. The quantitative estimate of drug-likeness (QED) is 0.909. The standard InChI is InChI=1S/C17H20ClN3O/c1-9(16-10(2)20-21-11(16)3)17(22)19-15-8-7-12-13(15)5-4-6-14(12)18/h4-6,9,15H,7-8H2,1-3H3,(H,19,22)(H,20,21)/t9-,15-/m1/s1. The smallest absolute Gasteiger partial charge is 0.227 e. The van der Waals surface area contributed by atoms with Gasteiger partial charge in [-0.05, 0) is 50.8 Å². The van der Waals surface area contributed by atoms with Crippen LogP contribution >= 0.6 is 11.6 Å². The molecule has 1 aromatic heterocycles. The van der Waals surface area contributed by atoms with Crippen LogP contribution in [0.5, 0.6) is 0 Å². The van der Waals surface area contributed by atoms with Crippen molar-refractivity contribution in [2.24, 2.45) is 0 Å². The van der Waals surface area contributed by atoms with Crippen LogP contribution in [-0.2, 0) is 11.2 Å². The van der Waals surface area contributed by atoms with E-state index in [0.717, 1.165) is 45.9 Å². The maximum atomic E-state index is 12.6. The Balaban J connectivity index is 1.78. The van der Waals surface area contributed by atoms with E-state index >= 15 is 0 Å². The molecule has 2 atom stereocenters. The monoisotopic (exact) mass is 317 g/mol. The molecule has 1 amide bonds. The predicted octanol–water partition coefficient (Wildman–Crippen LogP) is 3.59. The van der Waals surface area contributed by atoms with Crippen LogP contribution in [0.3, 0.4) is 0 Å². The molecule has 2 aromatic rings. The SMILES string of the molecule is Cc1n[nH]c(C)c1[C@@H](C)C(=O)N[C@@H]1CCc2c(Cl)cccc21. The highest BCUT2D eigenvalue weighted by Gasteiger charge is 2.28. The van der Waals surface area contributed by atoms with E-state index in [0.29, 0.717) is 0 Å². The first-order valence-electron chi connectivity index (χ1n) is 7.58. The van der Waals surface area contributed by atoms with Gasteiger partial charge in [0.2, 0.25) is 5.91 Å². The second-order valence-corrected chi connectivity index (χ2v) is 6.38. The minimum atomic E-state index is -0.220. The molecule has 0 bridgehead atoms. The zero-order chi connectivity index (χ0) is 15.9. The Bertz CT molecular complexity index is 703. The van der Waals surface area contributed by atoms with Gasteiger partial charge >= 0.3 is 0 Å². The van der Waals surface area contributed by atoms with E-state index in [2.05, 4.69) is 21.6 Å². The lowest BCUT2D eigenvalue weighted by molar-refractivity contribution is -0.123. The molecule has 1 aromatic carbocycles. The van der Waals surface area contributed by atoms with Crippen LogP contribution in [0.2, 0.25) is 5.02 Å². The Kier molecular flexibility index (Phi) is 3.96. The zero-order valence-corrected chi connectivity index (χ0v) is 13.8. The van der Waals surface area contributed by atoms with Gasteiger partial charge in [0, 0.05) is 16.3 Å². The van der Waals surface area contributed by atoms with Crippen molar-refractivity contribution in [2.45, 2.75) is 45.6 Å². The van der Waals surface area contributed by atoms with Gasteiger partial charge in [-0.2, -0.15) is 5.10 Å². The summed E-state index contributed by atoms with van der Waals surface area (Å²) in [5, 5.41) is 11.1. The molecule has 1 aliphatic rings. The van der Waals surface area contributed by atoms with E-state index < -0.39 is 0 Å². The van der Waals surface area contributed by atoms with Gasteiger partial charge in [0.15, 0.2) is 0 Å². The van der Waals surface area contributed by atoms with Crippen molar-refractivity contribution in [1.29, 1.82) is 0 Å². The molecule has 1 aliphatic carbocycles. The van der Waals surface area contributed by atoms with E-state index in [1.807, 2.05) is 32.9 Å². The normalized spacial score (nSPS) is 18.1. The lowest BCUT2D eigenvalue weighted by Crippen LogP contribution is -2.31. The summed E-state index contributed by atoms with van der Waals surface area (Å²) in [5.74, 6) is -0.188. The molecule has 116 valence electrons. The number of aryl methyl sites for hydroxylation is 2. The van der Waals surface area contributed by atoms with Crippen LogP contribution in [0.1, 0.15) is 53.4 Å². The molecule has 22 heavy (non-hydrogen) atoms. The van der Waals surface area contributed by atoms with Crippen molar-refractivity contribution in [3.05, 3.63) is 51.3 Å². The molecule has 0 saturated heterocycles. The summed E-state index contributed by atoms with van der Waals surface area (Å²) < 4.78 is 0. The highest BCUT2D eigenvalue weighted by Crippen LogP contribution is 2.36. The molecule has 0 saturated carbocycles. The Hall–Kier alpha value is -1.81. The van der Waals surface area contributed by atoms with Crippen LogP contribution in [0.15, 0.2) is 18.2 Å². The van der Waals surface area contributed by atoms with E-state index in [1.54, 1.807) is 0 Å². The molecule has 0 unspecified atom stereocenters. The largest absolute Gasteiger partial charge is 0.349 e. The molecule has 0 fully saturated rings. The number of hydrogen-bond donors (Lipinski definition) is 2. The van der Waals surface area contributed by atoms with Crippen LogP contribution in [0.25, 0.3) is 0 Å². The van der Waals surface area contributed by atoms with Gasteiger partial charge in [-0.15, -0.1) is 0 Å². The first-order valence-corrected chi connectivity index (χ1v) is 7.96. The van der Waals surface area contributed by atoms with Crippen molar-refractivity contribution in [3.8, 4) is 0 Å². The van der Waals surface area contributed by atoms with Crippen LogP contribution in [0.4, 0.5) is 0 Å². The summed E-state index contributed by atoms with van der Waals surface area (Å²) in [4.78, 5) is 12.6. The second kappa shape index (κ2) is 5.76. The molecular formula is C17H20ClN3O. The van der Waals surface area contributed by atoms with Gasteiger partial charge in [-0.25, -0.2) is 0 Å². The minimum absolute atomic E-state index is 0.0328. The number of nitrogens with one attached hydrogen (secondary N) is 2. The number of benzene rings is 1. The number of carbonyl (C=O) groups excluding carboxylic acids is 1. The third kappa shape index (κ3) is 2.52. The fourth-order valence-corrected chi connectivity index (χ4v) is 3.66. The third-order valence-corrected chi connectivity index (χ3v) is 4.90. The summed E-state index contributed by atoms with van der Waals surface area (Å²) >= 11 is 6.23. The molecule has 3 rings (SSSR count). The summed E-state index contributed by atoms with van der Waals surface area (Å²) in [7, 11) is 0. The van der Waals surface area contributed by atoms with Crippen LogP contribution in [-0.4, -0.2) is 16.1 Å². The molecule has 4 nitrogen and oxygen atoms in total. The Morgan fingerprint density at radius 3 is 2.91 bits per heavy atom. The average Bonchev–Trinajstić information content (AvgIpc) is 3.04. The van der Waals surface area contributed by atoms with Crippen molar-refractivity contribution < 1.29 is 4.79 Å². The minimum Gasteiger partial charge on any atom is -0.349 e. The van der Waals surface area contributed by atoms with Crippen molar-refractivity contribution in [3.63, 3.8) is 0 Å². The Morgan fingerprint density at radius 1 is 1.45 bits per heavy atom. The fraction of sp³-hybridized carbons (Fsp3) is 0.412. The van der Waals surface area contributed by atoms with Gasteiger partial charge < -0.3 is 5.32 Å². The molecule has 1 heterocycles. The number of carbonyl (C=O) groups is 1. The van der Waals surface area contributed by atoms with Crippen LogP contribution in [0, 0.1) is 13.8 Å². The number of halogens is 1. The van der Waals surface area contributed by atoms with Gasteiger partial charge in [0.25, 0.3) is 0 Å². The summed E-state index contributed by atoms with van der Waals surface area (Å²) in [6.07, 6.45) is 1.82. The van der Waals surface area contributed by atoms with Crippen molar-refractivity contribution >= 4 is 17.5 Å². The van der Waals surface area contributed by atoms with Crippen molar-refractivity contribution in [2.75, 3.05) is 0 Å². The molecule has 0 spiro atoms. The predicted molar refractivity (Wildman–Crippen MR) is 87.1 cm³/mol. The highest BCUT2D eigenvalue weighted by atomic mass is 35.5. The first kappa shape index (κ1) is 15.1. The summed E-state index contributed by atoms with van der Waals surface area (Å²) in [6, 6.07) is 5.96. The molecular weight excluding hydrogens is 298 g/mol. The topological polar surface area (TPSA) is 57.8 Å². The highest BCUT2D eigenvalue weighted by molar-refractivity contribution is 6.31. The number of rotatable bonds is 3. The molecule has 0 radical (unpaired) electrons. The third-order valence-electron chi connectivity index (χ3n) is 4.54. The number of aromatic amines is 1. The first-order chi connectivity index (χ1) is 10.5. The van der Waals surface area contributed by atoms with E-state index in [-0.39, 0.29) is 17.9 Å². The zero-order valence-electron chi connectivity index (χ0n) is 13.0. The molecule has 2 N–H and O–H groups in total. The van der Waals surface area contributed by atoms with E-state index in [9.17, 15) is 4.79 Å². The maximum Gasteiger partial charge on any atom is 0.227 e. The lowest BCUT2D eigenvalue weighted by atomic mass is 9.97. The number of amides is 1. The maximum absolute atomic E-state index is 12.6.